The van der Waals surface area contributed by atoms with Crippen molar-refractivity contribution >= 4 is 5.97 Å². The first-order valence-electron chi connectivity index (χ1n) is 10.1. The van der Waals surface area contributed by atoms with Crippen molar-refractivity contribution in [2.24, 2.45) is 5.41 Å². The van der Waals surface area contributed by atoms with Crippen molar-refractivity contribution in [3.63, 3.8) is 0 Å². The number of carbonyl (C=O) groups is 1. The molecule has 3 nitrogen and oxygen atoms in total. The van der Waals surface area contributed by atoms with Gasteiger partial charge in [-0.1, -0.05) is 79.8 Å². The van der Waals surface area contributed by atoms with Gasteiger partial charge in [-0.3, -0.25) is 4.79 Å². The molecule has 0 fully saturated rings. The molecule has 3 heteroatoms. The second-order valence-electron chi connectivity index (χ2n) is 7.20. The van der Waals surface area contributed by atoms with E-state index >= 15 is 0 Å². The summed E-state index contributed by atoms with van der Waals surface area (Å²) in [6.07, 6.45) is 28.9. The van der Waals surface area contributed by atoms with Gasteiger partial charge < -0.3 is 9.84 Å². The average molecular weight is 387 g/mol. The topological polar surface area (TPSA) is 46.5 Å². The molecule has 0 aliphatic heterocycles. The Balaban J connectivity index is 3.90. The van der Waals surface area contributed by atoms with Crippen LogP contribution in [0.2, 0.25) is 0 Å². The summed E-state index contributed by atoms with van der Waals surface area (Å²) in [5, 5.41) is 9.84. The van der Waals surface area contributed by atoms with Gasteiger partial charge in [0.2, 0.25) is 0 Å². The molecule has 0 aliphatic rings. The minimum Gasteiger partial charge on any atom is -0.469 e. The molecule has 0 heterocycles. The molecule has 0 aliphatic carbocycles. The molecule has 0 aromatic rings. The molecule has 1 unspecified atom stereocenters. The normalized spacial score (nSPS) is 14.6. The fraction of sp³-hybridized carbons (Fsp3) is 0.480. The first-order chi connectivity index (χ1) is 13.4. The number of ether oxygens (including phenoxy) is 1. The summed E-state index contributed by atoms with van der Waals surface area (Å²) in [5.41, 5.74) is -0.476. The summed E-state index contributed by atoms with van der Waals surface area (Å²) in [6, 6.07) is 0. The third-order valence-electron chi connectivity index (χ3n) is 4.04. The Morgan fingerprint density at radius 3 is 2.11 bits per heavy atom. The number of hydrogen-bond donors (Lipinski definition) is 1. The van der Waals surface area contributed by atoms with Gasteiger partial charge in [0.05, 0.1) is 18.6 Å². The number of carbonyl (C=O) groups excluding carboxylic acids is 1. The molecular weight excluding hydrogens is 348 g/mol. The Bertz CT molecular complexity index is 575. The maximum absolute atomic E-state index is 11.6. The van der Waals surface area contributed by atoms with E-state index in [0.29, 0.717) is 12.8 Å². The largest absolute Gasteiger partial charge is 0.469 e. The Labute approximate surface area is 171 Å². The van der Waals surface area contributed by atoms with Crippen LogP contribution in [0.25, 0.3) is 0 Å². The number of hydrogen-bond acceptors (Lipinski definition) is 3. The van der Waals surface area contributed by atoms with Gasteiger partial charge in [-0.2, -0.15) is 0 Å². The predicted octanol–water partition coefficient (Wildman–Crippen LogP) is 6.24. The van der Waals surface area contributed by atoms with Gasteiger partial charge in [0.15, 0.2) is 0 Å². The zero-order valence-corrected chi connectivity index (χ0v) is 18.0. The second kappa shape index (κ2) is 17.0. The van der Waals surface area contributed by atoms with Crippen LogP contribution in [0.1, 0.15) is 59.3 Å². The smallest absolute Gasteiger partial charge is 0.311 e. The quantitative estimate of drug-likeness (QED) is 0.218. The van der Waals surface area contributed by atoms with E-state index < -0.39 is 11.5 Å². The fourth-order valence-electron chi connectivity index (χ4n) is 2.28. The van der Waals surface area contributed by atoms with Crippen LogP contribution in [-0.2, 0) is 9.53 Å². The van der Waals surface area contributed by atoms with Gasteiger partial charge in [-0.05, 0) is 52.4 Å². The zero-order valence-electron chi connectivity index (χ0n) is 18.0. The molecule has 0 aromatic carbocycles. The van der Waals surface area contributed by atoms with Crippen LogP contribution in [0, 0.1) is 5.41 Å². The molecule has 0 rings (SSSR count). The van der Waals surface area contributed by atoms with E-state index in [1.807, 2.05) is 38.2 Å². The molecule has 0 spiro atoms. The third-order valence-corrected chi connectivity index (χ3v) is 4.04. The standard InChI is InChI=1S/C25H38O3/c1-5-6-7-8-14-17-20-23(26)21-18-15-12-10-9-11-13-16-19-22-25(2,3)24(27)28-4/h6-7,9,11-12,14-19,21,23,26H,5,8,10,13,20,22H2,1-4H3/b7-6-,11-9-,15-12-,17-14-,19-16-,21-18+. The predicted molar refractivity (Wildman–Crippen MR) is 120 cm³/mol. The van der Waals surface area contributed by atoms with Crippen molar-refractivity contribution in [3.05, 3.63) is 72.9 Å². The highest BCUT2D eigenvalue weighted by atomic mass is 16.5. The molecular formula is C25H38O3. The number of rotatable bonds is 14. The Morgan fingerprint density at radius 2 is 1.46 bits per heavy atom. The minimum absolute atomic E-state index is 0.184. The molecule has 0 aromatic heterocycles. The summed E-state index contributed by atoms with van der Waals surface area (Å²) < 4.78 is 4.79. The SMILES string of the molecule is CC/C=C\C/C=C\CC(O)/C=C/C=C\C/C=C\C/C=C\CC(C)(C)C(=O)OC. The van der Waals surface area contributed by atoms with Gasteiger partial charge in [0.1, 0.15) is 0 Å². The van der Waals surface area contributed by atoms with Crippen LogP contribution in [0.5, 0.6) is 0 Å². The van der Waals surface area contributed by atoms with Crippen molar-refractivity contribution in [1.29, 1.82) is 0 Å². The molecule has 1 atom stereocenters. The number of aliphatic hydroxyl groups is 1. The van der Waals surface area contributed by atoms with Crippen LogP contribution >= 0.6 is 0 Å². The van der Waals surface area contributed by atoms with E-state index in [4.69, 9.17) is 4.74 Å². The molecule has 156 valence electrons. The van der Waals surface area contributed by atoms with Gasteiger partial charge in [-0.25, -0.2) is 0 Å². The van der Waals surface area contributed by atoms with Crippen LogP contribution in [0.4, 0.5) is 0 Å². The van der Waals surface area contributed by atoms with Crippen molar-refractivity contribution in [2.45, 2.75) is 65.4 Å². The van der Waals surface area contributed by atoms with Crippen LogP contribution in [-0.4, -0.2) is 24.3 Å². The van der Waals surface area contributed by atoms with E-state index in [2.05, 4.69) is 49.5 Å². The van der Waals surface area contributed by atoms with Crippen LogP contribution < -0.4 is 0 Å². The lowest BCUT2D eigenvalue weighted by atomic mass is 9.89. The average Bonchev–Trinajstić information content (AvgIpc) is 2.67. The molecule has 0 saturated carbocycles. The van der Waals surface area contributed by atoms with E-state index in [1.165, 1.54) is 7.11 Å². The molecule has 0 amide bonds. The van der Waals surface area contributed by atoms with Crippen molar-refractivity contribution in [2.75, 3.05) is 7.11 Å². The highest BCUT2D eigenvalue weighted by molar-refractivity contribution is 5.75. The lowest BCUT2D eigenvalue weighted by molar-refractivity contribution is -0.150. The van der Waals surface area contributed by atoms with Crippen molar-refractivity contribution in [3.8, 4) is 0 Å². The monoisotopic (exact) mass is 386 g/mol. The molecule has 0 radical (unpaired) electrons. The van der Waals surface area contributed by atoms with Crippen LogP contribution in [0.15, 0.2) is 72.9 Å². The number of aliphatic hydroxyl groups excluding tert-OH is 1. The first kappa shape index (κ1) is 25.9. The summed E-state index contributed by atoms with van der Waals surface area (Å²) in [4.78, 5) is 11.6. The highest BCUT2D eigenvalue weighted by Crippen LogP contribution is 2.22. The summed E-state index contributed by atoms with van der Waals surface area (Å²) in [7, 11) is 1.42. The number of allylic oxidation sites excluding steroid dienone is 10. The first-order valence-corrected chi connectivity index (χ1v) is 10.1. The van der Waals surface area contributed by atoms with E-state index in [9.17, 15) is 9.90 Å². The zero-order chi connectivity index (χ0) is 21.1. The maximum atomic E-state index is 11.6. The molecule has 0 bridgehead atoms. The lowest BCUT2D eigenvalue weighted by Crippen LogP contribution is -2.24. The molecule has 28 heavy (non-hydrogen) atoms. The maximum Gasteiger partial charge on any atom is 0.311 e. The van der Waals surface area contributed by atoms with Gasteiger partial charge in [-0.15, -0.1) is 0 Å². The Morgan fingerprint density at radius 1 is 0.893 bits per heavy atom. The summed E-state index contributed by atoms with van der Waals surface area (Å²) >= 11 is 0. The number of methoxy groups -OCH3 is 1. The van der Waals surface area contributed by atoms with E-state index in [1.54, 1.807) is 6.08 Å². The van der Waals surface area contributed by atoms with E-state index in [0.717, 1.165) is 25.7 Å². The second-order valence-corrected chi connectivity index (χ2v) is 7.20. The van der Waals surface area contributed by atoms with Gasteiger partial charge >= 0.3 is 5.97 Å². The van der Waals surface area contributed by atoms with Crippen LogP contribution in [0.3, 0.4) is 0 Å². The van der Waals surface area contributed by atoms with Gasteiger partial charge in [0.25, 0.3) is 0 Å². The summed E-state index contributed by atoms with van der Waals surface area (Å²) in [5.74, 6) is -0.184. The van der Waals surface area contributed by atoms with Gasteiger partial charge in [0, 0.05) is 0 Å². The van der Waals surface area contributed by atoms with Crippen molar-refractivity contribution < 1.29 is 14.6 Å². The third kappa shape index (κ3) is 15.0. The number of esters is 1. The fourth-order valence-corrected chi connectivity index (χ4v) is 2.28. The lowest BCUT2D eigenvalue weighted by Gasteiger charge is -2.18. The van der Waals surface area contributed by atoms with E-state index in [-0.39, 0.29) is 5.97 Å². The molecule has 0 saturated heterocycles. The minimum atomic E-state index is -0.476. The Kier molecular flexibility index (Phi) is 15.7. The molecule has 1 N–H and O–H groups in total. The highest BCUT2D eigenvalue weighted by Gasteiger charge is 2.26. The Hall–Kier alpha value is -2.13. The van der Waals surface area contributed by atoms with Crippen molar-refractivity contribution in [1.82, 2.24) is 0 Å². The summed E-state index contributed by atoms with van der Waals surface area (Å²) in [6.45, 7) is 5.89.